The van der Waals surface area contributed by atoms with Crippen LogP contribution in [-0.2, 0) is 15.8 Å². The fourth-order valence-corrected chi connectivity index (χ4v) is 4.72. The molecule has 1 saturated heterocycles. The van der Waals surface area contributed by atoms with E-state index in [1.807, 2.05) is 36.4 Å². The first-order chi connectivity index (χ1) is 19.7. The number of imide groups is 2. The van der Waals surface area contributed by atoms with Crippen molar-refractivity contribution in [2.24, 2.45) is 0 Å². The van der Waals surface area contributed by atoms with Crippen molar-refractivity contribution in [3.8, 4) is 17.2 Å². The van der Waals surface area contributed by atoms with Gasteiger partial charge in [-0.2, -0.15) is 13.2 Å². The van der Waals surface area contributed by atoms with E-state index in [4.69, 9.17) is 9.47 Å². The van der Waals surface area contributed by atoms with E-state index in [-0.39, 0.29) is 34.9 Å². The zero-order valence-corrected chi connectivity index (χ0v) is 24.3. The van der Waals surface area contributed by atoms with E-state index in [9.17, 15) is 37.7 Å². The number of hydrogen-bond acceptors (Lipinski definition) is 7. The van der Waals surface area contributed by atoms with Crippen molar-refractivity contribution in [3.05, 3.63) is 90.0 Å². The molecule has 1 N–H and O–H groups in total. The van der Waals surface area contributed by atoms with E-state index < -0.39 is 45.9 Å². The molecule has 0 atom stereocenters. The number of aryl methyl sites for hydroxylation is 2. The number of halogens is 4. The molecule has 3 aromatic carbocycles. The molecule has 0 aromatic heterocycles. The molecular formula is C28H21F3IN3O7. The maximum atomic E-state index is 13.3. The summed E-state index contributed by atoms with van der Waals surface area (Å²) in [5.41, 5.74) is -0.150. The highest BCUT2D eigenvalue weighted by atomic mass is 127. The molecule has 1 heterocycles. The Hall–Kier alpha value is -4.47. The minimum Gasteiger partial charge on any atom is -0.490 e. The molecule has 0 saturated carbocycles. The number of anilines is 1. The summed E-state index contributed by atoms with van der Waals surface area (Å²) in [6.07, 6.45) is -3.56. The number of urea groups is 1. The van der Waals surface area contributed by atoms with Crippen LogP contribution < -0.4 is 19.7 Å². The number of alkyl halides is 3. The third-order valence-corrected chi connectivity index (χ3v) is 6.99. The van der Waals surface area contributed by atoms with Gasteiger partial charge in [-0.1, -0.05) is 6.07 Å². The highest BCUT2D eigenvalue weighted by molar-refractivity contribution is 14.1. The summed E-state index contributed by atoms with van der Waals surface area (Å²) >= 11 is 1.82. The molecule has 0 aliphatic carbocycles. The lowest BCUT2D eigenvalue weighted by Crippen LogP contribution is -2.54. The standard InChI is InChI=1S/C28H21F3IN3O7/c1-4-41-23-12-16(10-19-25(36)33-27(38)34(26(19)37)18-7-5-14(2)15(3)9-18)11-20(32)24(23)42-22-8-6-17(28(29,30)31)13-21(22)35(39)40/h5-13H,4H2,1-3H3,(H,33,36,38)/b19-10+. The number of amides is 4. The number of carbonyl (C=O) groups excluding carboxylic acids is 3. The highest BCUT2D eigenvalue weighted by Crippen LogP contribution is 2.43. The van der Waals surface area contributed by atoms with Crippen LogP contribution in [0.4, 0.5) is 29.3 Å². The molecule has 14 heteroatoms. The van der Waals surface area contributed by atoms with E-state index >= 15 is 0 Å². The van der Waals surface area contributed by atoms with Crippen molar-refractivity contribution in [3.63, 3.8) is 0 Å². The predicted octanol–water partition coefficient (Wildman–Crippen LogP) is 6.69. The summed E-state index contributed by atoms with van der Waals surface area (Å²) in [5, 5.41) is 13.7. The van der Waals surface area contributed by atoms with E-state index in [2.05, 4.69) is 5.32 Å². The molecule has 0 unspecified atom stereocenters. The summed E-state index contributed by atoms with van der Waals surface area (Å²) in [4.78, 5) is 49.9. The van der Waals surface area contributed by atoms with E-state index in [0.717, 1.165) is 22.1 Å². The Morgan fingerprint density at radius 2 is 1.74 bits per heavy atom. The monoisotopic (exact) mass is 695 g/mol. The number of nitro benzene ring substituents is 1. The summed E-state index contributed by atoms with van der Waals surface area (Å²) in [6.45, 7) is 5.43. The zero-order valence-electron chi connectivity index (χ0n) is 22.2. The fraction of sp³-hybridized carbons (Fsp3) is 0.179. The Balaban J connectivity index is 1.74. The molecule has 218 valence electrons. The van der Waals surface area contributed by atoms with Crippen LogP contribution in [0.3, 0.4) is 0 Å². The van der Waals surface area contributed by atoms with Crippen LogP contribution in [0, 0.1) is 27.5 Å². The lowest BCUT2D eigenvalue weighted by atomic mass is 10.0. The van der Waals surface area contributed by atoms with Crippen molar-refractivity contribution in [2.75, 3.05) is 11.5 Å². The average Bonchev–Trinajstić information content (AvgIpc) is 2.90. The van der Waals surface area contributed by atoms with Gasteiger partial charge >= 0.3 is 17.9 Å². The summed E-state index contributed by atoms with van der Waals surface area (Å²) < 4.78 is 51.0. The quantitative estimate of drug-likeness (QED) is 0.0959. The number of nitro groups is 1. The minimum atomic E-state index is -4.80. The van der Waals surface area contributed by atoms with Crippen molar-refractivity contribution in [1.82, 2.24) is 5.32 Å². The van der Waals surface area contributed by atoms with Crippen LogP contribution in [-0.4, -0.2) is 29.4 Å². The summed E-state index contributed by atoms with van der Waals surface area (Å²) in [7, 11) is 0. The Morgan fingerprint density at radius 3 is 2.36 bits per heavy atom. The Morgan fingerprint density at radius 1 is 1.02 bits per heavy atom. The molecule has 3 aromatic rings. The zero-order chi connectivity index (χ0) is 30.9. The highest BCUT2D eigenvalue weighted by Gasteiger charge is 2.37. The smallest absolute Gasteiger partial charge is 0.416 e. The van der Waals surface area contributed by atoms with E-state index in [1.54, 1.807) is 25.1 Å². The largest absolute Gasteiger partial charge is 0.490 e. The number of barbiturate groups is 1. The molecule has 1 aliphatic rings. The second-order valence-corrected chi connectivity index (χ2v) is 10.2. The average molecular weight is 695 g/mol. The number of hydrogen-bond donors (Lipinski definition) is 1. The number of ether oxygens (including phenoxy) is 2. The molecular weight excluding hydrogens is 674 g/mol. The minimum absolute atomic E-state index is 0.0335. The molecule has 0 spiro atoms. The second kappa shape index (κ2) is 11.8. The topological polar surface area (TPSA) is 128 Å². The Labute approximate surface area is 250 Å². The van der Waals surface area contributed by atoms with Gasteiger partial charge in [0.05, 0.1) is 26.4 Å². The van der Waals surface area contributed by atoms with Gasteiger partial charge in [-0.25, -0.2) is 9.69 Å². The molecule has 1 aliphatic heterocycles. The van der Waals surface area contributed by atoms with Gasteiger partial charge in [0.2, 0.25) is 5.75 Å². The van der Waals surface area contributed by atoms with Gasteiger partial charge in [0, 0.05) is 6.07 Å². The van der Waals surface area contributed by atoms with Gasteiger partial charge in [0.15, 0.2) is 11.5 Å². The van der Waals surface area contributed by atoms with Crippen LogP contribution in [0.2, 0.25) is 0 Å². The number of nitrogens with one attached hydrogen (secondary N) is 1. The molecule has 0 radical (unpaired) electrons. The van der Waals surface area contributed by atoms with Gasteiger partial charge in [-0.05, 0) is 103 Å². The third-order valence-electron chi connectivity index (χ3n) is 6.19. The Bertz CT molecular complexity index is 1670. The molecule has 42 heavy (non-hydrogen) atoms. The maximum absolute atomic E-state index is 13.3. The van der Waals surface area contributed by atoms with Gasteiger partial charge in [-0.3, -0.25) is 25.0 Å². The van der Waals surface area contributed by atoms with Crippen LogP contribution in [0.1, 0.15) is 29.2 Å². The number of benzene rings is 3. The summed E-state index contributed by atoms with van der Waals surface area (Å²) in [5.74, 6) is -2.23. The lowest BCUT2D eigenvalue weighted by molar-refractivity contribution is -0.385. The number of rotatable bonds is 7. The maximum Gasteiger partial charge on any atom is 0.416 e. The second-order valence-electron chi connectivity index (χ2n) is 9.03. The third kappa shape index (κ3) is 6.22. The van der Waals surface area contributed by atoms with Gasteiger partial charge in [0.1, 0.15) is 5.57 Å². The first kappa shape index (κ1) is 30.5. The van der Waals surface area contributed by atoms with Gasteiger partial charge in [0.25, 0.3) is 11.8 Å². The lowest BCUT2D eigenvalue weighted by Gasteiger charge is -2.27. The molecule has 4 amide bonds. The number of carbonyl (C=O) groups is 3. The SMILES string of the molecule is CCOc1cc(/C=C2\C(=O)NC(=O)N(c3ccc(C)c(C)c3)C2=O)cc(I)c1Oc1ccc(C(F)(F)F)cc1[N+](=O)[O-]. The van der Waals surface area contributed by atoms with E-state index in [1.165, 1.54) is 18.2 Å². The number of nitrogens with zero attached hydrogens (tertiary/aromatic N) is 2. The molecule has 1 fully saturated rings. The van der Waals surface area contributed by atoms with Crippen LogP contribution in [0.25, 0.3) is 6.08 Å². The molecule has 0 bridgehead atoms. The van der Waals surface area contributed by atoms with Crippen LogP contribution in [0.15, 0.2) is 54.1 Å². The van der Waals surface area contributed by atoms with Gasteiger partial charge < -0.3 is 9.47 Å². The summed E-state index contributed by atoms with van der Waals surface area (Å²) in [6, 6.07) is 8.78. The first-order valence-corrected chi connectivity index (χ1v) is 13.3. The first-order valence-electron chi connectivity index (χ1n) is 12.2. The van der Waals surface area contributed by atoms with Crippen molar-refractivity contribution >= 4 is 57.9 Å². The van der Waals surface area contributed by atoms with Crippen molar-refractivity contribution < 1.29 is 42.0 Å². The van der Waals surface area contributed by atoms with E-state index in [0.29, 0.717) is 15.7 Å². The normalized spacial score (nSPS) is 14.7. The predicted molar refractivity (Wildman–Crippen MR) is 153 cm³/mol. The van der Waals surface area contributed by atoms with Crippen LogP contribution >= 0.6 is 22.6 Å². The van der Waals surface area contributed by atoms with Crippen molar-refractivity contribution in [2.45, 2.75) is 26.9 Å². The molecule has 10 nitrogen and oxygen atoms in total. The van der Waals surface area contributed by atoms with Crippen LogP contribution in [0.5, 0.6) is 17.2 Å². The Kier molecular flexibility index (Phi) is 8.56. The molecule has 4 rings (SSSR count). The fourth-order valence-electron chi connectivity index (χ4n) is 3.99. The van der Waals surface area contributed by atoms with Crippen molar-refractivity contribution in [1.29, 1.82) is 0 Å². The van der Waals surface area contributed by atoms with Gasteiger partial charge in [-0.15, -0.1) is 0 Å².